The summed E-state index contributed by atoms with van der Waals surface area (Å²) in [7, 11) is 0. The molecule has 0 saturated heterocycles. The van der Waals surface area contributed by atoms with Crippen LogP contribution in [0.5, 0.6) is 0 Å². The molecule has 3 aromatic rings. The largest absolute Gasteiger partial charge is 0.461 e. The van der Waals surface area contributed by atoms with Gasteiger partial charge >= 0.3 is 12.0 Å². The number of esters is 1. The Hall–Kier alpha value is -2.86. The van der Waals surface area contributed by atoms with Crippen LogP contribution < -0.4 is 0 Å². The monoisotopic (exact) mass is 372 g/mol. The molecule has 0 spiro atoms. The molecule has 0 unspecified atom stereocenters. The van der Waals surface area contributed by atoms with E-state index in [0.717, 1.165) is 10.9 Å². The van der Waals surface area contributed by atoms with Gasteiger partial charge in [0.2, 0.25) is 0 Å². The molecule has 3 rings (SSSR count). The number of hydrogen-bond donors (Lipinski definition) is 1. The quantitative estimate of drug-likeness (QED) is 0.400. The highest BCUT2D eigenvalue weighted by molar-refractivity contribution is 6.30. The number of para-hydroxylation sites is 1. The van der Waals surface area contributed by atoms with Gasteiger partial charge in [-0.15, -0.1) is 0 Å². The van der Waals surface area contributed by atoms with Crippen LogP contribution in [0.15, 0.2) is 54.7 Å². The Morgan fingerprint density at radius 1 is 1.23 bits per heavy atom. The molecule has 1 heterocycles. The van der Waals surface area contributed by atoms with Crippen LogP contribution in [0.4, 0.5) is 0 Å². The third-order valence-electron chi connectivity index (χ3n) is 4.26. The van der Waals surface area contributed by atoms with E-state index < -0.39 is 22.9 Å². The number of hydrogen-bond acceptors (Lipinski definition) is 4. The zero-order chi connectivity index (χ0) is 18.7. The molecular formula is C19H17ClN2O4. The molecule has 0 fully saturated rings. The minimum Gasteiger partial charge on any atom is -0.461 e. The highest BCUT2D eigenvalue weighted by Gasteiger charge is 2.43. The van der Waals surface area contributed by atoms with Crippen LogP contribution >= 0.6 is 11.6 Å². The lowest BCUT2D eigenvalue weighted by molar-refractivity contribution is -0.513. The van der Waals surface area contributed by atoms with Crippen LogP contribution in [-0.2, 0) is 9.53 Å². The predicted molar refractivity (Wildman–Crippen MR) is 99.0 cm³/mol. The summed E-state index contributed by atoms with van der Waals surface area (Å²) in [5.74, 6) is -1.67. The number of rotatable bonds is 6. The average molecular weight is 373 g/mol. The number of aromatic nitrogens is 1. The Kier molecular flexibility index (Phi) is 5.23. The van der Waals surface area contributed by atoms with Crippen molar-refractivity contribution in [2.24, 2.45) is 0 Å². The van der Waals surface area contributed by atoms with E-state index in [1.165, 1.54) is 0 Å². The van der Waals surface area contributed by atoms with Gasteiger partial charge in [0.15, 0.2) is 0 Å². The number of halogens is 1. The van der Waals surface area contributed by atoms with Crippen molar-refractivity contribution < 1.29 is 14.5 Å². The third kappa shape index (κ3) is 3.41. The van der Waals surface area contributed by atoms with Gasteiger partial charge in [-0.25, -0.2) is 4.79 Å². The molecule has 2 atom stereocenters. The molecule has 1 aromatic heterocycles. The minimum atomic E-state index is -1.56. The summed E-state index contributed by atoms with van der Waals surface area (Å²) >= 11 is 5.96. The van der Waals surface area contributed by atoms with Crippen molar-refractivity contribution in [3.63, 3.8) is 0 Å². The molecule has 134 valence electrons. The van der Waals surface area contributed by atoms with E-state index in [0.29, 0.717) is 16.1 Å². The maximum Gasteiger partial charge on any atom is 0.382 e. The molecule has 0 aliphatic heterocycles. The fraction of sp³-hybridized carbons (Fsp3) is 0.211. The molecule has 0 radical (unpaired) electrons. The third-order valence-corrected chi connectivity index (χ3v) is 4.51. The number of carbonyl (C=O) groups excluding carboxylic acids is 1. The van der Waals surface area contributed by atoms with Crippen molar-refractivity contribution >= 4 is 28.5 Å². The van der Waals surface area contributed by atoms with Crippen LogP contribution in [0.1, 0.15) is 24.0 Å². The van der Waals surface area contributed by atoms with Crippen molar-refractivity contribution in [2.45, 2.75) is 18.9 Å². The van der Waals surface area contributed by atoms with Crippen molar-refractivity contribution in [1.82, 2.24) is 4.98 Å². The SMILES string of the molecule is CCOC(=O)[C@@H]([C@H](c1ccc(Cl)cc1)c1c[nH]c2ccccc12)[N+](=O)[O-]. The number of carbonyl (C=O) groups is 1. The van der Waals surface area contributed by atoms with Gasteiger partial charge in [-0.2, -0.15) is 0 Å². The molecule has 7 heteroatoms. The highest BCUT2D eigenvalue weighted by Crippen LogP contribution is 2.35. The zero-order valence-corrected chi connectivity index (χ0v) is 14.8. The molecule has 0 saturated carbocycles. The molecular weight excluding hydrogens is 356 g/mol. The zero-order valence-electron chi connectivity index (χ0n) is 14.0. The number of H-pyrrole nitrogens is 1. The number of ether oxygens (including phenoxy) is 1. The number of fused-ring (bicyclic) bond motifs is 1. The van der Waals surface area contributed by atoms with Crippen molar-refractivity contribution in [3.05, 3.63) is 81.0 Å². The van der Waals surface area contributed by atoms with E-state index >= 15 is 0 Å². The van der Waals surface area contributed by atoms with Crippen LogP contribution in [0, 0.1) is 10.1 Å². The van der Waals surface area contributed by atoms with Gasteiger partial charge in [0, 0.05) is 27.0 Å². The lowest BCUT2D eigenvalue weighted by atomic mass is 9.85. The van der Waals surface area contributed by atoms with Gasteiger partial charge in [0.05, 0.1) is 12.5 Å². The Morgan fingerprint density at radius 2 is 1.92 bits per heavy atom. The second-order valence-corrected chi connectivity index (χ2v) is 6.24. The fourth-order valence-electron chi connectivity index (χ4n) is 3.12. The van der Waals surface area contributed by atoms with Gasteiger partial charge in [-0.3, -0.25) is 10.1 Å². The first-order valence-electron chi connectivity index (χ1n) is 8.14. The van der Waals surface area contributed by atoms with Gasteiger partial charge in [0.1, 0.15) is 0 Å². The van der Waals surface area contributed by atoms with E-state index in [4.69, 9.17) is 16.3 Å². The first-order valence-corrected chi connectivity index (χ1v) is 8.52. The minimum absolute atomic E-state index is 0.0738. The maximum atomic E-state index is 12.4. The lowest BCUT2D eigenvalue weighted by Crippen LogP contribution is -2.37. The summed E-state index contributed by atoms with van der Waals surface area (Å²) in [6, 6.07) is 12.6. The van der Waals surface area contributed by atoms with E-state index in [1.54, 1.807) is 37.4 Å². The molecule has 0 amide bonds. The molecule has 2 aromatic carbocycles. The van der Waals surface area contributed by atoms with Crippen molar-refractivity contribution in [3.8, 4) is 0 Å². The number of nitrogens with one attached hydrogen (secondary N) is 1. The van der Waals surface area contributed by atoms with Gasteiger partial charge in [0.25, 0.3) is 0 Å². The number of aromatic amines is 1. The molecule has 0 aliphatic carbocycles. The second kappa shape index (κ2) is 7.58. The van der Waals surface area contributed by atoms with Crippen LogP contribution in [0.2, 0.25) is 5.02 Å². The van der Waals surface area contributed by atoms with Crippen LogP contribution in [-0.4, -0.2) is 28.5 Å². The summed E-state index contributed by atoms with van der Waals surface area (Å²) in [5, 5.41) is 13.1. The molecule has 26 heavy (non-hydrogen) atoms. The fourth-order valence-corrected chi connectivity index (χ4v) is 3.25. The first kappa shape index (κ1) is 17.9. The van der Waals surface area contributed by atoms with Crippen LogP contribution in [0.25, 0.3) is 10.9 Å². The number of nitrogens with zero attached hydrogens (tertiary/aromatic N) is 1. The van der Waals surface area contributed by atoms with Crippen LogP contribution in [0.3, 0.4) is 0 Å². The summed E-state index contributed by atoms with van der Waals surface area (Å²) in [6.07, 6.45) is 1.71. The van der Waals surface area contributed by atoms with E-state index in [-0.39, 0.29) is 6.61 Å². The summed E-state index contributed by atoms with van der Waals surface area (Å²) in [6.45, 7) is 1.70. The van der Waals surface area contributed by atoms with E-state index in [2.05, 4.69) is 4.98 Å². The van der Waals surface area contributed by atoms with Crippen molar-refractivity contribution in [2.75, 3.05) is 6.61 Å². The number of benzene rings is 2. The topological polar surface area (TPSA) is 85.2 Å². The van der Waals surface area contributed by atoms with Gasteiger partial charge in [-0.05, 0) is 36.2 Å². The molecule has 0 bridgehead atoms. The van der Waals surface area contributed by atoms with Crippen molar-refractivity contribution in [1.29, 1.82) is 0 Å². The summed E-state index contributed by atoms with van der Waals surface area (Å²) < 4.78 is 4.98. The Bertz CT molecular complexity index is 936. The lowest BCUT2D eigenvalue weighted by Gasteiger charge is -2.20. The average Bonchev–Trinajstić information content (AvgIpc) is 3.04. The highest BCUT2D eigenvalue weighted by atomic mass is 35.5. The van der Waals surface area contributed by atoms with E-state index in [1.807, 2.05) is 24.3 Å². The Balaban J connectivity index is 2.20. The van der Waals surface area contributed by atoms with E-state index in [9.17, 15) is 14.9 Å². The standard InChI is InChI=1S/C19H17ClN2O4/c1-2-26-19(23)18(22(24)25)17(12-7-9-13(20)10-8-12)15-11-21-16-6-4-3-5-14(15)16/h3-11,17-18,21H,2H2,1H3/t17-,18-/m1/s1. The maximum absolute atomic E-state index is 12.4. The first-order chi connectivity index (χ1) is 12.5. The summed E-state index contributed by atoms with van der Waals surface area (Å²) in [5.41, 5.74) is 2.12. The van der Waals surface area contributed by atoms with Gasteiger partial charge in [-0.1, -0.05) is 41.9 Å². The molecule has 0 aliphatic rings. The Labute approximate surface area is 154 Å². The summed E-state index contributed by atoms with van der Waals surface area (Å²) in [4.78, 5) is 26.7. The van der Waals surface area contributed by atoms with Gasteiger partial charge < -0.3 is 9.72 Å². The smallest absolute Gasteiger partial charge is 0.382 e. The predicted octanol–water partition coefficient (Wildman–Crippen LogP) is 4.16. The normalized spacial score (nSPS) is 13.3. The second-order valence-electron chi connectivity index (χ2n) is 5.80. The molecule has 1 N–H and O–H groups in total. The Morgan fingerprint density at radius 3 is 2.58 bits per heavy atom. The number of nitro groups is 1. The molecule has 6 nitrogen and oxygen atoms in total.